The van der Waals surface area contributed by atoms with E-state index in [1.807, 2.05) is 5.01 Å². The van der Waals surface area contributed by atoms with Gasteiger partial charge in [-0.3, -0.25) is 10.2 Å². The molecule has 0 radical (unpaired) electrons. The topological polar surface area (TPSA) is 44.4 Å². The van der Waals surface area contributed by atoms with Crippen LogP contribution in [0.5, 0.6) is 0 Å². The monoisotopic (exact) mass is 213 g/mol. The van der Waals surface area contributed by atoms with Crippen molar-refractivity contribution < 1.29 is 4.79 Å². The van der Waals surface area contributed by atoms with Gasteiger partial charge in [-0.15, -0.1) is 0 Å². The Morgan fingerprint density at radius 3 is 2.60 bits per heavy atom. The minimum absolute atomic E-state index is 0.0807. The average molecular weight is 213 g/mol. The van der Waals surface area contributed by atoms with E-state index in [-0.39, 0.29) is 5.91 Å². The van der Waals surface area contributed by atoms with Crippen LogP contribution >= 0.6 is 0 Å². The molecule has 0 saturated carbocycles. The fourth-order valence-corrected chi connectivity index (χ4v) is 1.63. The number of carbonyl (C=O) groups excluding carboxylic acids is 1. The van der Waals surface area contributed by atoms with Crippen molar-refractivity contribution in [3.05, 3.63) is 0 Å². The van der Waals surface area contributed by atoms with E-state index in [9.17, 15) is 4.79 Å². The van der Waals surface area contributed by atoms with Gasteiger partial charge in [-0.25, -0.2) is 5.01 Å². The summed E-state index contributed by atoms with van der Waals surface area (Å²) in [5.41, 5.74) is 2.93. The highest BCUT2D eigenvalue weighted by atomic mass is 16.2. The smallest absolute Gasteiger partial charge is 0.248 e. The molecular formula is C11H23N3O. The fourth-order valence-electron chi connectivity index (χ4n) is 1.63. The molecule has 1 rings (SSSR count). The standard InChI is InChI=1S/C11H23N3O/c1-3-10(2)12-9-11(15)13-14-7-5-4-6-8-14/h10,12H,3-9H2,1-2H3,(H,13,15). The summed E-state index contributed by atoms with van der Waals surface area (Å²) in [6, 6.07) is 0.414. The van der Waals surface area contributed by atoms with E-state index >= 15 is 0 Å². The van der Waals surface area contributed by atoms with Gasteiger partial charge in [0.2, 0.25) is 5.91 Å². The van der Waals surface area contributed by atoms with Crippen LogP contribution in [0.1, 0.15) is 39.5 Å². The molecule has 0 aromatic rings. The predicted octanol–water partition coefficient (Wildman–Crippen LogP) is 0.892. The maximum atomic E-state index is 11.5. The SMILES string of the molecule is CCC(C)NCC(=O)NN1CCCCC1. The normalized spacial score (nSPS) is 19.9. The van der Waals surface area contributed by atoms with E-state index in [1.165, 1.54) is 19.3 Å². The molecule has 15 heavy (non-hydrogen) atoms. The molecule has 0 aromatic carbocycles. The highest BCUT2D eigenvalue weighted by Crippen LogP contribution is 2.05. The van der Waals surface area contributed by atoms with Crippen molar-refractivity contribution in [1.82, 2.24) is 15.8 Å². The predicted molar refractivity (Wildman–Crippen MR) is 61.3 cm³/mol. The lowest BCUT2D eigenvalue weighted by molar-refractivity contribution is -0.125. The molecular weight excluding hydrogens is 190 g/mol. The number of rotatable bonds is 5. The van der Waals surface area contributed by atoms with Crippen molar-refractivity contribution in [1.29, 1.82) is 0 Å². The van der Waals surface area contributed by atoms with E-state index in [4.69, 9.17) is 0 Å². The lowest BCUT2D eigenvalue weighted by atomic mass is 10.2. The first-order valence-electron chi connectivity index (χ1n) is 6.00. The average Bonchev–Trinajstić information content (AvgIpc) is 2.27. The Bertz CT molecular complexity index is 190. The Labute approximate surface area is 92.4 Å². The van der Waals surface area contributed by atoms with Crippen LogP contribution in [0.4, 0.5) is 0 Å². The Kier molecular flexibility index (Phi) is 5.65. The first-order chi connectivity index (χ1) is 7.22. The summed E-state index contributed by atoms with van der Waals surface area (Å²) in [6.07, 6.45) is 4.73. The third kappa shape index (κ3) is 5.14. The molecule has 1 saturated heterocycles. The summed E-state index contributed by atoms with van der Waals surface area (Å²) in [4.78, 5) is 11.5. The summed E-state index contributed by atoms with van der Waals surface area (Å²) in [7, 11) is 0. The van der Waals surface area contributed by atoms with Crippen LogP contribution in [0, 0.1) is 0 Å². The second kappa shape index (κ2) is 6.80. The Hall–Kier alpha value is -0.610. The third-order valence-corrected chi connectivity index (χ3v) is 2.86. The van der Waals surface area contributed by atoms with Gasteiger partial charge in [0, 0.05) is 19.1 Å². The summed E-state index contributed by atoms with van der Waals surface area (Å²) in [6.45, 7) is 6.62. The lowest BCUT2D eigenvalue weighted by Crippen LogP contribution is -2.48. The molecule has 4 heteroatoms. The lowest BCUT2D eigenvalue weighted by Gasteiger charge is -2.27. The summed E-state index contributed by atoms with van der Waals surface area (Å²) >= 11 is 0. The number of hydrazine groups is 1. The van der Waals surface area contributed by atoms with Crippen molar-refractivity contribution >= 4 is 5.91 Å². The Morgan fingerprint density at radius 2 is 2.00 bits per heavy atom. The Balaban J connectivity index is 2.11. The summed E-state index contributed by atoms with van der Waals surface area (Å²) in [5, 5.41) is 5.21. The van der Waals surface area contributed by atoms with Gasteiger partial charge in [-0.1, -0.05) is 13.3 Å². The van der Waals surface area contributed by atoms with Crippen LogP contribution in [0.3, 0.4) is 0 Å². The second-order valence-electron chi connectivity index (χ2n) is 4.27. The number of nitrogens with one attached hydrogen (secondary N) is 2. The number of hydrogen-bond donors (Lipinski definition) is 2. The van der Waals surface area contributed by atoms with Gasteiger partial charge in [0.05, 0.1) is 6.54 Å². The van der Waals surface area contributed by atoms with Gasteiger partial charge >= 0.3 is 0 Å². The first-order valence-corrected chi connectivity index (χ1v) is 6.00. The number of amides is 1. The van der Waals surface area contributed by atoms with Crippen LogP contribution < -0.4 is 10.7 Å². The molecule has 2 N–H and O–H groups in total. The van der Waals surface area contributed by atoms with Gasteiger partial charge in [0.1, 0.15) is 0 Å². The second-order valence-corrected chi connectivity index (χ2v) is 4.27. The third-order valence-electron chi connectivity index (χ3n) is 2.86. The van der Waals surface area contributed by atoms with Crippen LogP contribution in [0.15, 0.2) is 0 Å². The maximum absolute atomic E-state index is 11.5. The quantitative estimate of drug-likeness (QED) is 0.713. The molecule has 88 valence electrons. The van der Waals surface area contributed by atoms with Gasteiger partial charge in [0.15, 0.2) is 0 Å². The minimum Gasteiger partial charge on any atom is -0.306 e. The molecule has 1 atom stereocenters. The number of carbonyl (C=O) groups is 1. The fraction of sp³-hybridized carbons (Fsp3) is 0.909. The van der Waals surface area contributed by atoms with Crippen LogP contribution in [-0.4, -0.2) is 36.6 Å². The number of hydrogen-bond acceptors (Lipinski definition) is 3. The first kappa shape index (κ1) is 12.5. The Morgan fingerprint density at radius 1 is 1.33 bits per heavy atom. The van der Waals surface area contributed by atoms with E-state index in [1.54, 1.807) is 0 Å². The van der Waals surface area contributed by atoms with E-state index in [0.29, 0.717) is 12.6 Å². The molecule has 0 aromatic heterocycles. The minimum atomic E-state index is 0.0807. The van der Waals surface area contributed by atoms with E-state index in [0.717, 1.165) is 19.5 Å². The van der Waals surface area contributed by atoms with Crippen LogP contribution in [0.2, 0.25) is 0 Å². The zero-order chi connectivity index (χ0) is 11.1. The van der Waals surface area contributed by atoms with E-state index in [2.05, 4.69) is 24.6 Å². The van der Waals surface area contributed by atoms with Crippen molar-refractivity contribution in [2.45, 2.75) is 45.6 Å². The highest BCUT2D eigenvalue weighted by Gasteiger charge is 2.12. The van der Waals surface area contributed by atoms with Gasteiger partial charge in [-0.2, -0.15) is 0 Å². The highest BCUT2D eigenvalue weighted by molar-refractivity contribution is 5.77. The van der Waals surface area contributed by atoms with Gasteiger partial charge < -0.3 is 5.32 Å². The van der Waals surface area contributed by atoms with Crippen LogP contribution in [0.25, 0.3) is 0 Å². The molecule has 1 aliphatic rings. The maximum Gasteiger partial charge on any atom is 0.248 e. The molecule has 1 aliphatic heterocycles. The molecule has 1 fully saturated rings. The van der Waals surface area contributed by atoms with Crippen molar-refractivity contribution in [2.24, 2.45) is 0 Å². The molecule has 4 nitrogen and oxygen atoms in total. The van der Waals surface area contributed by atoms with Crippen molar-refractivity contribution in [3.63, 3.8) is 0 Å². The molecule has 0 bridgehead atoms. The molecule has 1 heterocycles. The molecule has 0 aliphatic carbocycles. The van der Waals surface area contributed by atoms with Gasteiger partial charge in [-0.05, 0) is 26.2 Å². The van der Waals surface area contributed by atoms with Gasteiger partial charge in [0.25, 0.3) is 0 Å². The largest absolute Gasteiger partial charge is 0.306 e. The zero-order valence-corrected chi connectivity index (χ0v) is 9.88. The summed E-state index contributed by atoms with van der Waals surface area (Å²) in [5.74, 6) is 0.0807. The molecule has 0 spiro atoms. The molecule has 1 unspecified atom stereocenters. The van der Waals surface area contributed by atoms with Crippen LogP contribution in [-0.2, 0) is 4.79 Å². The zero-order valence-electron chi connectivity index (χ0n) is 9.88. The summed E-state index contributed by atoms with van der Waals surface area (Å²) < 4.78 is 0. The molecule has 1 amide bonds. The number of piperidine rings is 1. The van der Waals surface area contributed by atoms with E-state index < -0.39 is 0 Å². The number of nitrogens with zero attached hydrogens (tertiary/aromatic N) is 1. The van der Waals surface area contributed by atoms with Crippen molar-refractivity contribution in [2.75, 3.05) is 19.6 Å². The van der Waals surface area contributed by atoms with Crippen molar-refractivity contribution in [3.8, 4) is 0 Å².